The van der Waals surface area contributed by atoms with Gasteiger partial charge in [-0.3, -0.25) is 0 Å². The van der Waals surface area contributed by atoms with Crippen LogP contribution in [-0.2, 0) is 5.41 Å². The average Bonchev–Trinajstić information content (AvgIpc) is 2.83. The number of oxazole rings is 1. The summed E-state index contributed by atoms with van der Waals surface area (Å²) in [5, 5.41) is 0. The summed E-state index contributed by atoms with van der Waals surface area (Å²) in [5.74, 6) is 0.852. The van der Waals surface area contributed by atoms with Crippen LogP contribution in [0.1, 0.15) is 43.6 Å². The Morgan fingerprint density at radius 3 is 2.78 bits per heavy atom. The van der Waals surface area contributed by atoms with Gasteiger partial charge in [-0.2, -0.15) is 0 Å². The number of nitrogens with two attached hydrogens (primary N) is 1. The number of fused-ring (bicyclic) bond motifs is 1. The maximum absolute atomic E-state index is 6.02. The fourth-order valence-electron chi connectivity index (χ4n) is 2.99. The van der Waals surface area contributed by atoms with Gasteiger partial charge in [0.15, 0.2) is 5.58 Å². The summed E-state index contributed by atoms with van der Waals surface area (Å²) in [6, 6.07) is 6.16. The van der Waals surface area contributed by atoms with Crippen molar-refractivity contribution >= 4 is 11.1 Å². The molecule has 0 saturated heterocycles. The predicted molar refractivity (Wildman–Crippen MR) is 72.6 cm³/mol. The molecule has 18 heavy (non-hydrogen) atoms. The SMILES string of the molecule is Cc1ccc2nc(C3(CN)CCCCC3)oc2c1. The van der Waals surface area contributed by atoms with Gasteiger partial charge >= 0.3 is 0 Å². The van der Waals surface area contributed by atoms with Gasteiger partial charge in [-0.1, -0.05) is 25.3 Å². The van der Waals surface area contributed by atoms with Crippen LogP contribution >= 0.6 is 0 Å². The lowest BCUT2D eigenvalue weighted by molar-refractivity contribution is 0.247. The van der Waals surface area contributed by atoms with Crippen LogP contribution in [0.2, 0.25) is 0 Å². The maximum Gasteiger partial charge on any atom is 0.202 e. The van der Waals surface area contributed by atoms with E-state index in [9.17, 15) is 0 Å². The van der Waals surface area contributed by atoms with E-state index in [1.54, 1.807) is 0 Å². The molecule has 2 aromatic rings. The maximum atomic E-state index is 6.02. The van der Waals surface area contributed by atoms with Gasteiger partial charge < -0.3 is 10.2 Å². The molecule has 0 aliphatic heterocycles. The summed E-state index contributed by atoms with van der Waals surface area (Å²) in [5.41, 5.74) is 9.05. The summed E-state index contributed by atoms with van der Waals surface area (Å²) >= 11 is 0. The summed E-state index contributed by atoms with van der Waals surface area (Å²) in [6.45, 7) is 2.71. The van der Waals surface area contributed by atoms with Gasteiger partial charge in [0, 0.05) is 6.54 Å². The van der Waals surface area contributed by atoms with Crippen LogP contribution in [0.4, 0.5) is 0 Å². The predicted octanol–water partition coefficient (Wildman–Crippen LogP) is 3.30. The number of hydrogen-bond acceptors (Lipinski definition) is 3. The zero-order chi connectivity index (χ0) is 12.6. The van der Waals surface area contributed by atoms with E-state index in [1.807, 2.05) is 6.07 Å². The zero-order valence-corrected chi connectivity index (χ0v) is 10.9. The Bertz CT molecular complexity index is 553. The normalized spacial score (nSPS) is 19.2. The highest BCUT2D eigenvalue weighted by Crippen LogP contribution is 2.39. The molecule has 0 amide bonds. The standard InChI is InChI=1S/C15H20N2O/c1-11-5-6-12-13(9-11)18-14(17-12)15(10-16)7-3-2-4-8-15/h5-6,9H,2-4,7-8,10,16H2,1H3. The molecule has 0 bridgehead atoms. The van der Waals surface area contributed by atoms with Gasteiger partial charge in [-0.25, -0.2) is 4.98 Å². The molecule has 1 fully saturated rings. The van der Waals surface area contributed by atoms with E-state index in [2.05, 4.69) is 24.0 Å². The van der Waals surface area contributed by atoms with Crippen molar-refractivity contribution in [2.24, 2.45) is 5.73 Å². The van der Waals surface area contributed by atoms with Crippen LogP contribution in [-0.4, -0.2) is 11.5 Å². The number of rotatable bonds is 2. The minimum absolute atomic E-state index is 0.0226. The van der Waals surface area contributed by atoms with Crippen molar-refractivity contribution in [2.45, 2.75) is 44.4 Å². The number of aromatic nitrogens is 1. The van der Waals surface area contributed by atoms with Crippen LogP contribution in [0.25, 0.3) is 11.1 Å². The first-order valence-electron chi connectivity index (χ1n) is 6.81. The number of hydrogen-bond donors (Lipinski definition) is 1. The largest absolute Gasteiger partial charge is 0.440 e. The minimum atomic E-state index is -0.0226. The van der Waals surface area contributed by atoms with Gasteiger partial charge in [0.05, 0.1) is 5.41 Å². The molecule has 0 atom stereocenters. The topological polar surface area (TPSA) is 52.0 Å². The van der Waals surface area contributed by atoms with Gasteiger partial charge in [-0.05, 0) is 37.5 Å². The molecule has 3 nitrogen and oxygen atoms in total. The molecule has 96 valence electrons. The Hall–Kier alpha value is -1.35. The molecule has 3 heteroatoms. The highest BCUT2D eigenvalue weighted by atomic mass is 16.3. The summed E-state index contributed by atoms with van der Waals surface area (Å²) < 4.78 is 5.99. The molecule has 2 N–H and O–H groups in total. The lowest BCUT2D eigenvalue weighted by atomic mass is 9.74. The molecule has 3 rings (SSSR count). The first-order chi connectivity index (χ1) is 8.73. The van der Waals surface area contributed by atoms with Crippen LogP contribution in [0.15, 0.2) is 22.6 Å². The van der Waals surface area contributed by atoms with E-state index < -0.39 is 0 Å². The smallest absolute Gasteiger partial charge is 0.202 e. The zero-order valence-electron chi connectivity index (χ0n) is 10.9. The molecule has 1 aromatic heterocycles. The lowest BCUT2D eigenvalue weighted by Crippen LogP contribution is -2.37. The Kier molecular flexibility index (Phi) is 2.86. The Labute approximate surface area is 107 Å². The van der Waals surface area contributed by atoms with Crippen molar-refractivity contribution in [1.29, 1.82) is 0 Å². The van der Waals surface area contributed by atoms with Crippen LogP contribution in [0.5, 0.6) is 0 Å². The number of nitrogens with zero attached hydrogens (tertiary/aromatic N) is 1. The Balaban J connectivity index is 2.06. The second kappa shape index (κ2) is 4.39. The van der Waals surface area contributed by atoms with E-state index in [0.717, 1.165) is 29.8 Å². The van der Waals surface area contributed by atoms with E-state index in [4.69, 9.17) is 10.2 Å². The molecular weight excluding hydrogens is 224 g/mol. The highest BCUT2D eigenvalue weighted by Gasteiger charge is 2.37. The van der Waals surface area contributed by atoms with Gasteiger partial charge in [0.25, 0.3) is 0 Å². The fraction of sp³-hybridized carbons (Fsp3) is 0.533. The second-order valence-corrected chi connectivity index (χ2v) is 5.54. The Morgan fingerprint density at radius 1 is 1.28 bits per heavy atom. The summed E-state index contributed by atoms with van der Waals surface area (Å²) in [6.07, 6.45) is 5.98. The van der Waals surface area contributed by atoms with E-state index >= 15 is 0 Å². The quantitative estimate of drug-likeness (QED) is 0.881. The van der Waals surface area contributed by atoms with Gasteiger partial charge in [-0.15, -0.1) is 0 Å². The van der Waals surface area contributed by atoms with Gasteiger partial charge in [0.2, 0.25) is 5.89 Å². The molecule has 1 aliphatic carbocycles. The molecule has 1 heterocycles. The Morgan fingerprint density at radius 2 is 2.06 bits per heavy atom. The highest BCUT2D eigenvalue weighted by molar-refractivity contribution is 5.73. The molecule has 1 aliphatic rings. The van der Waals surface area contributed by atoms with E-state index in [-0.39, 0.29) is 5.41 Å². The van der Waals surface area contributed by atoms with Crippen molar-refractivity contribution in [3.63, 3.8) is 0 Å². The fourth-order valence-corrected chi connectivity index (χ4v) is 2.99. The molecule has 0 unspecified atom stereocenters. The van der Waals surface area contributed by atoms with Gasteiger partial charge in [0.1, 0.15) is 5.52 Å². The first kappa shape index (κ1) is 11.7. The molecule has 0 radical (unpaired) electrons. The summed E-state index contributed by atoms with van der Waals surface area (Å²) in [4.78, 5) is 4.67. The minimum Gasteiger partial charge on any atom is -0.440 e. The molecule has 1 aromatic carbocycles. The van der Waals surface area contributed by atoms with Crippen molar-refractivity contribution in [3.05, 3.63) is 29.7 Å². The van der Waals surface area contributed by atoms with Crippen molar-refractivity contribution in [1.82, 2.24) is 4.98 Å². The third kappa shape index (κ3) is 1.83. The first-order valence-corrected chi connectivity index (χ1v) is 6.81. The van der Waals surface area contributed by atoms with Crippen LogP contribution in [0.3, 0.4) is 0 Å². The molecular formula is C15H20N2O. The van der Waals surface area contributed by atoms with E-state index in [0.29, 0.717) is 6.54 Å². The molecule has 1 saturated carbocycles. The van der Waals surface area contributed by atoms with Crippen LogP contribution < -0.4 is 5.73 Å². The van der Waals surface area contributed by atoms with Crippen molar-refractivity contribution in [2.75, 3.05) is 6.54 Å². The van der Waals surface area contributed by atoms with Crippen molar-refractivity contribution in [3.8, 4) is 0 Å². The third-order valence-corrected chi connectivity index (χ3v) is 4.20. The lowest BCUT2D eigenvalue weighted by Gasteiger charge is -2.32. The number of aryl methyl sites for hydroxylation is 1. The summed E-state index contributed by atoms with van der Waals surface area (Å²) in [7, 11) is 0. The molecule has 0 spiro atoms. The monoisotopic (exact) mass is 244 g/mol. The third-order valence-electron chi connectivity index (χ3n) is 4.20. The van der Waals surface area contributed by atoms with E-state index in [1.165, 1.54) is 24.8 Å². The second-order valence-electron chi connectivity index (χ2n) is 5.54. The number of benzene rings is 1. The van der Waals surface area contributed by atoms with Crippen LogP contribution in [0, 0.1) is 6.92 Å². The van der Waals surface area contributed by atoms with Crippen molar-refractivity contribution < 1.29 is 4.42 Å². The average molecular weight is 244 g/mol.